The first-order valence-electron chi connectivity index (χ1n) is 5.63. The molecule has 0 amide bonds. The first kappa shape index (κ1) is 11.8. The smallest absolute Gasteiger partial charge is 0.258 e. The third-order valence-electron chi connectivity index (χ3n) is 2.73. The van der Waals surface area contributed by atoms with Gasteiger partial charge in [0.25, 0.3) is 5.56 Å². The number of benzene rings is 1. The van der Waals surface area contributed by atoms with Crippen LogP contribution in [0.4, 0.5) is 0 Å². The van der Waals surface area contributed by atoms with E-state index in [1.54, 1.807) is 7.11 Å². The van der Waals surface area contributed by atoms with Crippen LogP contribution in [0.25, 0.3) is 10.9 Å². The summed E-state index contributed by atoms with van der Waals surface area (Å²) < 4.78 is 4.96. The van der Waals surface area contributed by atoms with Crippen molar-refractivity contribution in [3.8, 4) is 0 Å². The molecule has 1 aromatic carbocycles. The van der Waals surface area contributed by atoms with E-state index in [4.69, 9.17) is 4.74 Å². The van der Waals surface area contributed by atoms with E-state index >= 15 is 0 Å². The number of rotatable bonds is 3. The van der Waals surface area contributed by atoms with Gasteiger partial charge < -0.3 is 9.72 Å². The third kappa shape index (κ3) is 2.36. The Labute approximate surface area is 99.7 Å². The maximum atomic E-state index is 11.9. The maximum Gasteiger partial charge on any atom is 0.258 e. The minimum Gasteiger partial charge on any atom is -0.377 e. The van der Waals surface area contributed by atoms with Crippen molar-refractivity contribution in [3.63, 3.8) is 0 Å². The lowest BCUT2D eigenvalue weighted by Gasteiger charge is -2.07. The van der Waals surface area contributed by atoms with Gasteiger partial charge in [-0.3, -0.25) is 4.79 Å². The number of ether oxygens (including phenoxy) is 1. The Kier molecular flexibility index (Phi) is 3.24. The Morgan fingerprint density at radius 2 is 2.18 bits per heavy atom. The molecule has 1 aromatic heterocycles. The first-order valence-corrected chi connectivity index (χ1v) is 5.63. The van der Waals surface area contributed by atoms with Gasteiger partial charge in [0.1, 0.15) is 12.4 Å². The molecular weight excluding hydrogens is 216 g/mol. The van der Waals surface area contributed by atoms with E-state index in [0.717, 1.165) is 5.56 Å². The fourth-order valence-corrected chi connectivity index (χ4v) is 1.77. The summed E-state index contributed by atoms with van der Waals surface area (Å²) in [7, 11) is 1.58. The summed E-state index contributed by atoms with van der Waals surface area (Å²) in [5.74, 6) is 0.958. The second-order valence-electron chi connectivity index (χ2n) is 4.38. The maximum absolute atomic E-state index is 11.9. The average molecular weight is 232 g/mol. The van der Waals surface area contributed by atoms with Gasteiger partial charge in [0.15, 0.2) is 0 Å². The molecule has 0 saturated heterocycles. The van der Waals surface area contributed by atoms with Gasteiger partial charge in [-0.1, -0.05) is 19.9 Å². The summed E-state index contributed by atoms with van der Waals surface area (Å²) in [6, 6.07) is 5.80. The molecule has 4 heteroatoms. The van der Waals surface area contributed by atoms with E-state index in [-0.39, 0.29) is 5.56 Å². The van der Waals surface area contributed by atoms with Crippen LogP contribution in [0.1, 0.15) is 31.2 Å². The molecule has 0 radical (unpaired) electrons. The minimum atomic E-state index is -0.107. The standard InChI is InChI=1S/C13H16N2O2/c1-8(2)9-4-5-11-10(6-9)13(16)15-12(14-11)7-17-3/h4-6,8H,7H2,1-3H3,(H,14,15,16). The fraction of sp³-hybridized carbons (Fsp3) is 0.385. The van der Waals surface area contributed by atoms with Crippen molar-refractivity contribution in [3.05, 3.63) is 39.9 Å². The molecular formula is C13H16N2O2. The number of hydrogen-bond acceptors (Lipinski definition) is 3. The minimum absolute atomic E-state index is 0.107. The molecule has 1 heterocycles. The molecule has 2 rings (SSSR count). The molecule has 2 aromatic rings. The van der Waals surface area contributed by atoms with E-state index < -0.39 is 0 Å². The van der Waals surface area contributed by atoms with E-state index in [2.05, 4.69) is 23.8 Å². The molecule has 0 aliphatic rings. The second kappa shape index (κ2) is 4.67. The van der Waals surface area contributed by atoms with Gasteiger partial charge in [-0.2, -0.15) is 0 Å². The SMILES string of the molecule is COCc1nc2ccc(C(C)C)cc2c(=O)[nH]1. The van der Waals surface area contributed by atoms with Crippen LogP contribution in [0.5, 0.6) is 0 Å². The number of H-pyrrole nitrogens is 1. The number of methoxy groups -OCH3 is 1. The molecule has 1 N–H and O–H groups in total. The van der Waals surface area contributed by atoms with Crippen molar-refractivity contribution in [2.24, 2.45) is 0 Å². The van der Waals surface area contributed by atoms with Gasteiger partial charge in [0.2, 0.25) is 0 Å². The van der Waals surface area contributed by atoms with Gasteiger partial charge >= 0.3 is 0 Å². The number of aromatic amines is 1. The van der Waals surface area contributed by atoms with Crippen LogP contribution in [-0.2, 0) is 11.3 Å². The average Bonchev–Trinajstić information content (AvgIpc) is 2.29. The highest BCUT2D eigenvalue weighted by Gasteiger charge is 2.06. The summed E-state index contributed by atoms with van der Waals surface area (Å²) in [6.07, 6.45) is 0. The molecule has 17 heavy (non-hydrogen) atoms. The van der Waals surface area contributed by atoms with Crippen molar-refractivity contribution in [1.29, 1.82) is 0 Å². The molecule has 0 aliphatic carbocycles. The lowest BCUT2D eigenvalue weighted by atomic mass is 10.0. The van der Waals surface area contributed by atoms with E-state index in [0.29, 0.717) is 29.3 Å². The highest BCUT2D eigenvalue weighted by Crippen LogP contribution is 2.17. The van der Waals surface area contributed by atoms with Gasteiger partial charge in [0.05, 0.1) is 10.9 Å². The Bertz CT molecular complexity index is 587. The zero-order chi connectivity index (χ0) is 12.4. The largest absolute Gasteiger partial charge is 0.377 e. The van der Waals surface area contributed by atoms with Crippen molar-refractivity contribution < 1.29 is 4.74 Å². The Morgan fingerprint density at radius 1 is 1.41 bits per heavy atom. The molecule has 90 valence electrons. The van der Waals surface area contributed by atoms with E-state index in [1.165, 1.54) is 0 Å². The fourth-order valence-electron chi connectivity index (χ4n) is 1.77. The van der Waals surface area contributed by atoms with Crippen molar-refractivity contribution in [1.82, 2.24) is 9.97 Å². The molecule has 0 aliphatic heterocycles. The molecule has 4 nitrogen and oxygen atoms in total. The van der Waals surface area contributed by atoms with Gasteiger partial charge in [-0.05, 0) is 23.6 Å². The Hall–Kier alpha value is -1.68. The second-order valence-corrected chi connectivity index (χ2v) is 4.38. The zero-order valence-corrected chi connectivity index (χ0v) is 10.3. The molecule has 0 saturated carbocycles. The van der Waals surface area contributed by atoms with Crippen LogP contribution < -0.4 is 5.56 Å². The summed E-state index contributed by atoms with van der Waals surface area (Å²) in [5.41, 5.74) is 1.75. The normalized spacial score (nSPS) is 11.3. The van der Waals surface area contributed by atoms with Crippen molar-refractivity contribution >= 4 is 10.9 Å². The highest BCUT2D eigenvalue weighted by molar-refractivity contribution is 5.78. The van der Waals surface area contributed by atoms with Crippen molar-refractivity contribution in [2.75, 3.05) is 7.11 Å². The van der Waals surface area contributed by atoms with Crippen LogP contribution in [-0.4, -0.2) is 17.1 Å². The Morgan fingerprint density at radius 3 is 2.82 bits per heavy atom. The van der Waals surface area contributed by atoms with E-state index in [1.807, 2.05) is 18.2 Å². The monoisotopic (exact) mass is 232 g/mol. The summed E-state index contributed by atoms with van der Waals surface area (Å²) in [6.45, 7) is 4.52. The lowest BCUT2D eigenvalue weighted by Crippen LogP contribution is -2.12. The number of hydrogen-bond donors (Lipinski definition) is 1. The van der Waals surface area contributed by atoms with Gasteiger partial charge in [-0.25, -0.2) is 4.98 Å². The summed E-state index contributed by atoms with van der Waals surface area (Å²) >= 11 is 0. The number of aromatic nitrogens is 2. The predicted molar refractivity (Wildman–Crippen MR) is 67.2 cm³/mol. The molecule has 0 fully saturated rings. The van der Waals surface area contributed by atoms with Crippen LogP contribution in [0.2, 0.25) is 0 Å². The zero-order valence-electron chi connectivity index (χ0n) is 10.3. The number of fused-ring (bicyclic) bond motifs is 1. The number of nitrogens with one attached hydrogen (secondary N) is 1. The molecule has 0 spiro atoms. The van der Waals surface area contributed by atoms with Crippen LogP contribution >= 0.6 is 0 Å². The van der Waals surface area contributed by atoms with Crippen LogP contribution in [0.3, 0.4) is 0 Å². The van der Waals surface area contributed by atoms with Crippen LogP contribution in [0, 0.1) is 0 Å². The van der Waals surface area contributed by atoms with Gasteiger partial charge in [-0.15, -0.1) is 0 Å². The molecule has 0 unspecified atom stereocenters. The van der Waals surface area contributed by atoms with Gasteiger partial charge in [0, 0.05) is 7.11 Å². The topological polar surface area (TPSA) is 55.0 Å². The molecule has 0 atom stereocenters. The number of nitrogens with zero attached hydrogens (tertiary/aromatic N) is 1. The first-order chi connectivity index (χ1) is 8.11. The lowest BCUT2D eigenvalue weighted by molar-refractivity contribution is 0.178. The Balaban J connectivity index is 2.60. The molecule has 0 bridgehead atoms. The van der Waals surface area contributed by atoms with Crippen molar-refractivity contribution in [2.45, 2.75) is 26.4 Å². The quantitative estimate of drug-likeness (QED) is 0.882. The summed E-state index contributed by atoms with van der Waals surface area (Å²) in [5, 5.41) is 0.635. The highest BCUT2D eigenvalue weighted by atomic mass is 16.5. The predicted octanol–water partition coefficient (Wildman–Crippen LogP) is 2.19. The summed E-state index contributed by atoms with van der Waals surface area (Å²) in [4.78, 5) is 19.0. The van der Waals surface area contributed by atoms with E-state index in [9.17, 15) is 4.79 Å². The third-order valence-corrected chi connectivity index (χ3v) is 2.73. The van der Waals surface area contributed by atoms with Crippen LogP contribution in [0.15, 0.2) is 23.0 Å².